The summed E-state index contributed by atoms with van der Waals surface area (Å²) in [6.45, 7) is 1.51. The molecule has 0 spiro atoms. The Balaban J connectivity index is 1.30. The van der Waals surface area contributed by atoms with Gasteiger partial charge in [-0.05, 0) is 86.1 Å². The summed E-state index contributed by atoms with van der Waals surface area (Å²) in [7, 11) is 0. The molecule has 2 aliphatic carbocycles. The molecule has 7 heteroatoms. The highest BCUT2D eigenvalue weighted by molar-refractivity contribution is 6.05. The van der Waals surface area contributed by atoms with Crippen LogP contribution in [0.15, 0.2) is 66.7 Å². The zero-order chi connectivity index (χ0) is 27.8. The third-order valence-corrected chi connectivity index (χ3v) is 8.94. The van der Waals surface area contributed by atoms with E-state index in [1.54, 1.807) is 0 Å². The van der Waals surface area contributed by atoms with Crippen LogP contribution in [-0.2, 0) is 4.74 Å². The minimum atomic E-state index is -0.134. The fourth-order valence-electron chi connectivity index (χ4n) is 6.22. The summed E-state index contributed by atoms with van der Waals surface area (Å²) in [5.74, 6) is 0.912. The Morgan fingerprint density at radius 3 is 2.22 bits per heavy atom. The van der Waals surface area contributed by atoms with E-state index in [0.29, 0.717) is 12.1 Å². The second-order valence-corrected chi connectivity index (χ2v) is 11.7. The second kappa shape index (κ2) is 11.1. The van der Waals surface area contributed by atoms with Gasteiger partial charge < -0.3 is 30.4 Å². The number of nitrogens with zero attached hydrogens (tertiary/aromatic N) is 1. The largest absolute Gasteiger partial charge is 0.490 e. The maximum atomic E-state index is 12.5. The molecular formula is C34H38N4O3. The first-order chi connectivity index (χ1) is 20.1. The molecule has 4 N–H and O–H groups in total. The van der Waals surface area contributed by atoms with Crippen molar-refractivity contribution in [2.45, 2.75) is 69.6 Å². The van der Waals surface area contributed by atoms with Gasteiger partial charge in [0.25, 0.3) is 0 Å². The molecule has 3 aliphatic rings. The van der Waals surface area contributed by atoms with Gasteiger partial charge in [-0.3, -0.25) is 0 Å². The number of anilines is 2. The number of carbonyl (C=O) groups is 1. The van der Waals surface area contributed by atoms with Crippen molar-refractivity contribution in [3.05, 3.63) is 66.7 Å². The molecule has 1 aromatic heterocycles. The van der Waals surface area contributed by atoms with Crippen molar-refractivity contribution in [1.82, 2.24) is 9.88 Å². The van der Waals surface area contributed by atoms with Crippen LogP contribution < -0.4 is 21.1 Å². The molecule has 2 heterocycles. The number of hydrogen-bond acceptors (Lipinski definition) is 4. The van der Waals surface area contributed by atoms with Gasteiger partial charge in [-0.1, -0.05) is 24.3 Å². The quantitative estimate of drug-likeness (QED) is 0.208. The topological polar surface area (TPSA) is 90.5 Å². The minimum Gasteiger partial charge on any atom is -0.490 e. The van der Waals surface area contributed by atoms with Crippen LogP contribution in [0, 0.1) is 0 Å². The van der Waals surface area contributed by atoms with Crippen molar-refractivity contribution in [3.63, 3.8) is 0 Å². The molecule has 3 fully saturated rings. The predicted octanol–water partition coefficient (Wildman–Crippen LogP) is 7.51. The minimum absolute atomic E-state index is 0.134. The monoisotopic (exact) mass is 550 g/mol. The Morgan fingerprint density at radius 2 is 1.56 bits per heavy atom. The third-order valence-electron chi connectivity index (χ3n) is 8.94. The van der Waals surface area contributed by atoms with Crippen LogP contribution in [0.1, 0.15) is 57.4 Å². The van der Waals surface area contributed by atoms with Gasteiger partial charge in [0.2, 0.25) is 0 Å². The molecule has 4 aromatic rings. The summed E-state index contributed by atoms with van der Waals surface area (Å²) in [4.78, 5) is 12.5. The van der Waals surface area contributed by atoms with Gasteiger partial charge in [0, 0.05) is 53.3 Å². The normalized spacial score (nSPS) is 18.0. The van der Waals surface area contributed by atoms with Gasteiger partial charge in [0.15, 0.2) is 0 Å². The number of nitrogen functional groups attached to an aromatic ring is 1. The zero-order valence-corrected chi connectivity index (χ0v) is 23.4. The van der Waals surface area contributed by atoms with Crippen LogP contribution in [0.3, 0.4) is 0 Å². The first kappa shape index (κ1) is 26.0. The number of carbonyl (C=O) groups excluding carboxylic acids is 1. The van der Waals surface area contributed by atoms with E-state index in [4.69, 9.17) is 15.2 Å². The first-order valence-electron chi connectivity index (χ1n) is 15.1. The van der Waals surface area contributed by atoms with Gasteiger partial charge >= 0.3 is 6.03 Å². The Labute approximate surface area is 241 Å². The smallest absolute Gasteiger partial charge is 0.319 e. The van der Waals surface area contributed by atoms with Crippen LogP contribution in [0.4, 0.5) is 16.2 Å². The summed E-state index contributed by atoms with van der Waals surface area (Å²) in [5.41, 5.74) is 13.5. The van der Waals surface area contributed by atoms with Crippen LogP contribution in [0.2, 0.25) is 0 Å². The molecule has 7 rings (SSSR count). The maximum absolute atomic E-state index is 12.5. The van der Waals surface area contributed by atoms with Crippen LogP contribution in [-0.4, -0.2) is 36.0 Å². The van der Waals surface area contributed by atoms with E-state index >= 15 is 0 Å². The number of hydrogen-bond donors (Lipinski definition) is 3. The average Bonchev–Trinajstić information content (AvgIpc) is 3.25. The summed E-state index contributed by atoms with van der Waals surface area (Å²) in [6, 6.07) is 23.6. The highest BCUT2D eigenvalue weighted by Crippen LogP contribution is 2.47. The number of amides is 2. The molecular weight excluding hydrogens is 512 g/mol. The summed E-state index contributed by atoms with van der Waals surface area (Å²) in [5, 5.41) is 7.27. The lowest BCUT2D eigenvalue weighted by molar-refractivity contribution is 0.0256. The molecule has 0 unspecified atom stereocenters. The average molecular weight is 551 g/mol. The number of fused-ring (bicyclic) bond motifs is 1. The highest BCUT2D eigenvalue weighted by Gasteiger charge is 2.29. The summed E-state index contributed by atoms with van der Waals surface area (Å²) >= 11 is 0. The zero-order valence-electron chi connectivity index (χ0n) is 23.4. The number of nitrogens with one attached hydrogen (secondary N) is 2. The maximum Gasteiger partial charge on any atom is 0.319 e. The summed E-state index contributed by atoms with van der Waals surface area (Å²) in [6.07, 6.45) is 8.89. The molecule has 1 saturated heterocycles. The van der Waals surface area contributed by atoms with E-state index in [2.05, 4.69) is 57.7 Å². The van der Waals surface area contributed by atoms with Crippen LogP contribution in [0.25, 0.3) is 33.3 Å². The summed E-state index contributed by atoms with van der Waals surface area (Å²) < 4.78 is 14.5. The van der Waals surface area contributed by atoms with Crippen LogP contribution in [0.5, 0.6) is 5.75 Å². The Hall–Kier alpha value is -3.97. The number of benzene rings is 3. The molecule has 0 bridgehead atoms. The van der Waals surface area contributed by atoms with Crippen molar-refractivity contribution >= 4 is 28.3 Å². The lowest BCUT2D eigenvalue weighted by atomic mass is 9.91. The van der Waals surface area contributed by atoms with E-state index in [1.807, 2.05) is 24.3 Å². The fraction of sp³-hybridized carbons (Fsp3) is 0.382. The Bertz CT molecular complexity index is 1530. The number of ether oxygens (including phenoxy) is 2. The Kier molecular flexibility index (Phi) is 7.05. The number of rotatable bonds is 7. The molecule has 0 atom stereocenters. The van der Waals surface area contributed by atoms with Gasteiger partial charge in [-0.15, -0.1) is 0 Å². The van der Waals surface area contributed by atoms with Gasteiger partial charge in [0.05, 0.1) is 24.4 Å². The second-order valence-electron chi connectivity index (χ2n) is 11.7. The molecule has 1 aliphatic heterocycles. The van der Waals surface area contributed by atoms with Crippen LogP contribution >= 0.6 is 0 Å². The van der Waals surface area contributed by atoms with Crippen molar-refractivity contribution in [2.24, 2.45) is 0 Å². The molecule has 2 saturated carbocycles. The number of urea groups is 1. The molecule has 0 radical (unpaired) electrons. The third kappa shape index (κ3) is 5.26. The Morgan fingerprint density at radius 1 is 0.854 bits per heavy atom. The first-order valence-corrected chi connectivity index (χ1v) is 15.1. The fourth-order valence-corrected chi connectivity index (χ4v) is 6.22. The highest BCUT2D eigenvalue weighted by atomic mass is 16.5. The van der Waals surface area contributed by atoms with E-state index < -0.39 is 0 Å². The molecule has 212 valence electrons. The van der Waals surface area contributed by atoms with E-state index in [-0.39, 0.29) is 12.1 Å². The predicted molar refractivity (Wildman–Crippen MR) is 164 cm³/mol. The van der Waals surface area contributed by atoms with Gasteiger partial charge in [0.1, 0.15) is 11.9 Å². The standard InChI is InChI=1S/C34H38N4O3/c35-24-11-7-22(8-12-24)32-30-16-15-29(41-28-17-19-40-20-18-28)21-31(30)38(27-5-2-6-27)33(32)23-9-13-26(14-10-23)37-34(39)36-25-3-1-4-25/h7-16,21,25,27-28H,1-6,17-20,35H2,(H2,36,37,39). The van der Waals surface area contributed by atoms with Crippen molar-refractivity contribution in [3.8, 4) is 28.1 Å². The van der Waals surface area contributed by atoms with Crippen molar-refractivity contribution in [2.75, 3.05) is 24.3 Å². The van der Waals surface area contributed by atoms with E-state index in [9.17, 15) is 4.79 Å². The van der Waals surface area contributed by atoms with Gasteiger partial charge in [-0.25, -0.2) is 4.79 Å². The van der Waals surface area contributed by atoms with Crippen molar-refractivity contribution < 1.29 is 14.3 Å². The lowest BCUT2D eigenvalue weighted by Crippen LogP contribution is -2.41. The molecule has 41 heavy (non-hydrogen) atoms. The van der Waals surface area contributed by atoms with E-state index in [0.717, 1.165) is 80.0 Å². The number of nitrogens with two attached hydrogens (primary N) is 1. The van der Waals surface area contributed by atoms with Crippen molar-refractivity contribution in [1.29, 1.82) is 0 Å². The SMILES string of the molecule is Nc1ccc(-c2c(-c3ccc(NC(=O)NC4CCC4)cc3)n(C3CCC3)c3cc(OC4CCOCC4)ccc23)cc1. The molecule has 7 nitrogen and oxygen atoms in total. The van der Waals surface area contributed by atoms with Gasteiger partial charge in [-0.2, -0.15) is 0 Å². The number of aromatic nitrogens is 1. The molecule has 2 amide bonds. The van der Waals surface area contributed by atoms with E-state index in [1.165, 1.54) is 35.0 Å². The lowest BCUT2D eigenvalue weighted by Gasteiger charge is -2.30. The molecule has 3 aromatic carbocycles.